The lowest BCUT2D eigenvalue weighted by Crippen LogP contribution is -2.31. The number of aromatic nitrogens is 4. The topological polar surface area (TPSA) is 93.0 Å². The van der Waals surface area contributed by atoms with E-state index in [0.29, 0.717) is 16.7 Å². The number of hydrogen-bond donors (Lipinski definition) is 1. The molecule has 0 aromatic carbocycles. The third-order valence-electron chi connectivity index (χ3n) is 4.49. The molecule has 152 valence electrons. The second kappa shape index (κ2) is 9.62. The predicted molar refractivity (Wildman–Crippen MR) is 112 cm³/mol. The zero-order valence-corrected chi connectivity index (χ0v) is 18.2. The van der Waals surface area contributed by atoms with E-state index < -0.39 is 0 Å². The Labute approximate surface area is 172 Å². The van der Waals surface area contributed by atoms with Gasteiger partial charge in [0.25, 0.3) is 0 Å². The zero-order valence-electron chi connectivity index (χ0n) is 16.5. The van der Waals surface area contributed by atoms with Crippen molar-refractivity contribution >= 4 is 34.1 Å². The summed E-state index contributed by atoms with van der Waals surface area (Å²) >= 11 is 2.73. The van der Waals surface area contributed by atoms with Gasteiger partial charge < -0.3 is 4.90 Å². The summed E-state index contributed by atoms with van der Waals surface area (Å²) in [6, 6.07) is 0. The molecule has 10 heteroatoms. The average molecular weight is 423 g/mol. The number of hydrogen-bond acceptors (Lipinski definition) is 8. The van der Waals surface area contributed by atoms with Crippen molar-refractivity contribution in [2.75, 3.05) is 31.7 Å². The van der Waals surface area contributed by atoms with Crippen LogP contribution in [0.5, 0.6) is 0 Å². The van der Waals surface area contributed by atoms with Crippen LogP contribution in [0.3, 0.4) is 0 Å². The average Bonchev–Trinajstić information content (AvgIpc) is 3.29. The largest absolute Gasteiger partial charge is 0.348 e. The number of carbonyl (C=O) groups is 1. The van der Waals surface area contributed by atoms with Crippen LogP contribution in [0.2, 0.25) is 0 Å². The fourth-order valence-electron chi connectivity index (χ4n) is 3.14. The highest BCUT2D eigenvalue weighted by atomic mass is 32.2. The van der Waals surface area contributed by atoms with Crippen LogP contribution >= 0.6 is 23.1 Å². The van der Waals surface area contributed by atoms with Crippen LogP contribution in [-0.2, 0) is 30.6 Å². The van der Waals surface area contributed by atoms with E-state index in [0.717, 1.165) is 54.9 Å². The zero-order chi connectivity index (χ0) is 20.1. The fourth-order valence-corrected chi connectivity index (χ4v) is 4.88. The lowest BCUT2D eigenvalue weighted by Gasteiger charge is -2.16. The number of nitrogens with one attached hydrogen (secondary N) is 1. The van der Waals surface area contributed by atoms with Crippen molar-refractivity contribution < 1.29 is 4.79 Å². The second-order valence-electron chi connectivity index (χ2n) is 7.02. The van der Waals surface area contributed by atoms with Crippen molar-refractivity contribution in [1.82, 2.24) is 24.6 Å². The molecule has 1 amide bonds. The van der Waals surface area contributed by atoms with Crippen molar-refractivity contribution in [2.24, 2.45) is 0 Å². The van der Waals surface area contributed by atoms with Gasteiger partial charge in [0, 0.05) is 30.8 Å². The lowest BCUT2D eigenvalue weighted by molar-refractivity contribution is -0.113. The van der Waals surface area contributed by atoms with Crippen LogP contribution in [0.1, 0.15) is 36.0 Å². The van der Waals surface area contributed by atoms with Crippen LogP contribution < -0.4 is 11.0 Å². The monoisotopic (exact) mass is 422 g/mol. The lowest BCUT2D eigenvalue weighted by atomic mass is 10.2. The molecule has 1 aliphatic rings. The molecular formula is C18H26N6O2S2. The molecule has 0 unspecified atom stereocenters. The summed E-state index contributed by atoms with van der Waals surface area (Å²) in [5, 5.41) is 13.0. The van der Waals surface area contributed by atoms with Crippen molar-refractivity contribution in [1.29, 1.82) is 0 Å². The molecule has 0 saturated heterocycles. The highest BCUT2D eigenvalue weighted by Crippen LogP contribution is 2.29. The van der Waals surface area contributed by atoms with Gasteiger partial charge in [-0.2, -0.15) is 4.98 Å². The second-order valence-corrected chi connectivity index (χ2v) is 9.05. The number of anilines is 1. The van der Waals surface area contributed by atoms with Crippen molar-refractivity contribution in [2.45, 2.75) is 50.6 Å². The number of likely N-dealkylation sites (N-methyl/N-ethyl adjacent to an activating group) is 1. The Morgan fingerprint density at radius 1 is 1.32 bits per heavy atom. The number of aryl methyl sites for hydroxylation is 1. The fraction of sp³-hybridized carbons (Fsp3) is 0.611. The first-order valence-corrected chi connectivity index (χ1v) is 11.3. The van der Waals surface area contributed by atoms with E-state index in [-0.39, 0.29) is 17.3 Å². The summed E-state index contributed by atoms with van der Waals surface area (Å²) in [5.74, 6) is 0.0399. The third kappa shape index (κ3) is 5.18. The molecule has 2 aromatic heterocycles. The molecule has 0 aliphatic heterocycles. The Balaban J connectivity index is 1.65. The van der Waals surface area contributed by atoms with Crippen molar-refractivity contribution in [3.63, 3.8) is 0 Å². The van der Waals surface area contributed by atoms with Gasteiger partial charge in [-0.1, -0.05) is 30.0 Å². The van der Waals surface area contributed by atoms with E-state index in [4.69, 9.17) is 0 Å². The molecule has 0 atom stereocenters. The van der Waals surface area contributed by atoms with Crippen LogP contribution in [0.25, 0.3) is 0 Å². The standard InChI is InChI=1S/C18H26N6O2S2/c1-4-6-15-21-22-17(28-15)19-14(25)11-27-16-12-7-5-8-13(12)24(18(26)20-16)10-9-23(2)3/h4-11H2,1-3H3,(H,19,22,25). The van der Waals surface area contributed by atoms with Crippen molar-refractivity contribution in [3.05, 3.63) is 26.7 Å². The molecule has 0 radical (unpaired) electrons. The molecule has 0 fully saturated rings. The molecule has 3 rings (SSSR count). The van der Waals surface area contributed by atoms with Crippen molar-refractivity contribution in [3.8, 4) is 0 Å². The maximum atomic E-state index is 12.5. The first-order valence-electron chi connectivity index (χ1n) is 9.50. The molecule has 2 heterocycles. The molecule has 2 aromatic rings. The normalized spacial score (nSPS) is 13.1. The van der Waals surface area contributed by atoms with E-state index in [1.807, 2.05) is 14.1 Å². The number of amides is 1. The Bertz CT molecular complexity index is 893. The maximum Gasteiger partial charge on any atom is 0.348 e. The predicted octanol–water partition coefficient (Wildman–Crippen LogP) is 1.83. The number of carbonyl (C=O) groups excluding carboxylic acids is 1. The van der Waals surface area contributed by atoms with E-state index in [9.17, 15) is 9.59 Å². The molecule has 1 aliphatic carbocycles. The van der Waals surface area contributed by atoms with Gasteiger partial charge in [-0.3, -0.25) is 14.7 Å². The summed E-state index contributed by atoms with van der Waals surface area (Å²) in [6.07, 6.45) is 4.68. The number of rotatable bonds is 9. The maximum absolute atomic E-state index is 12.5. The summed E-state index contributed by atoms with van der Waals surface area (Å²) in [5.41, 5.74) is 1.98. The van der Waals surface area contributed by atoms with Gasteiger partial charge in [0.15, 0.2) is 0 Å². The van der Waals surface area contributed by atoms with Gasteiger partial charge in [-0.05, 0) is 39.8 Å². The summed E-state index contributed by atoms with van der Waals surface area (Å²) < 4.78 is 1.79. The minimum atomic E-state index is -0.223. The van der Waals surface area contributed by atoms with Gasteiger partial charge in [0.2, 0.25) is 11.0 Å². The van der Waals surface area contributed by atoms with Gasteiger partial charge in [-0.15, -0.1) is 10.2 Å². The highest BCUT2D eigenvalue weighted by Gasteiger charge is 2.22. The third-order valence-corrected chi connectivity index (χ3v) is 6.40. The van der Waals surface area contributed by atoms with E-state index in [2.05, 4.69) is 32.3 Å². The summed E-state index contributed by atoms with van der Waals surface area (Å²) in [7, 11) is 3.98. The quantitative estimate of drug-likeness (QED) is 0.487. The smallest absolute Gasteiger partial charge is 0.308 e. The minimum absolute atomic E-state index is 0.158. The van der Waals surface area contributed by atoms with Crippen LogP contribution in [0.4, 0.5) is 5.13 Å². The minimum Gasteiger partial charge on any atom is -0.308 e. The van der Waals surface area contributed by atoms with E-state index in [1.54, 1.807) is 4.57 Å². The van der Waals surface area contributed by atoms with Crippen LogP contribution in [0.15, 0.2) is 9.82 Å². The summed E-state index contributed by atoms with van der Waals surface area (Å²) in [6.45, 7) is 3.52. The molecule has 28 heavy (non-hydrogen) atoms. The van der Waals surface area contributed by atoms with E-state index in [1.165, 1.54) is 23.1 Å². The number of thioether (sulfide) groups is 1. The van der Waals surface area contributed by atoms with Gasteiger partial charge in [0.05, 0.1) is 5.75 Å². The van der Waals surface area contributed by atoms with Crippen LogP contribution in [-0.4, -0.2) is 56.9 Å². The number of fused-ring (bicyclic) bond motifs is 1. The van der Waals surface area contributed by atoms with Gasteiger partial charge in [-0.25, -0.2) is 4.79 Å². The Morgan fingerprint density at radius 2 is 2.14 bits per heavy atom. The van der Waals surface area contributed by atoms with Crippen LogP contribution in [0, 0.1) is 0 Å². The first-order chi connectivity index (χ1) is 13.5. The SMILES string of the molecule is CCCc1nnc(NC(=O)CSc2nc(=O)n(CCN(C)C)c3c2CCC3)s1. The number of nitrogens with zero attached hydrogens (tertiary/aromatic N) is 5. The highest BCUT2D eigenvalue weighted by molar-refractivity contribution is 8.00. The molecule has 0 spiro atoms. The molecule has 8 nitrogen and oxygen atoms in total. The van der Waals surface area contributed by atoms with Gasteiger partial charge in [0.1, 0.15) is 10.0 Å². The van der Waals surface area contributed by atoms with Gasteiger partial charge >= 0.3 is 5.69 Å². The summed E-state index contributed by atoms with van der Waals surface area (Å²) in [4.78, 5) is 31.1. The molecule has 0 bridgehead atoms. The Morgan fingerprint density at radius 3 is 2.89 bits per heavy atom. The molecular weight excluding hydrogens is 396 g/mol. The molecule has 1 N–H and O–H groups in total. The van der Waals surface area contributed by atoms with E-state index >= 15 is 0 Å². The Kier molecular flexibility index (Phi) is 7.19. The molecule has 0 saturated carbocycles. The Hall–Kier alpha value is -1.78. The first kappa shape index (κ1) is 20.9.